The lowest BCUT2D eigenvalue weighted by molar-refractivity contribution is -0.120. The molecule has 0 fully saturated rings. The summed E-state index contributed by atoms with van der Waals surface area (Å²) in [5, 5.41) is 0. The molecule has 0 saturated heterocycles. The highest BCUT2D eigenvalue weighted by atomic mass is 32.2. The number of benzene rings is 3. The first kappa shape index (κ1) is 22.0. The van der Waals surface area contributed by atoms with Crippen LogP contribution >= 0.6 is 0 Å². The minimum Gasteiger partial charge on any atom is -0.484 e. The number of sulfonamides is 1. The molecule has 0 radical (unpaired) electrons. The largest absolute Gasteiger partial charge is 0.484 e. The van der Waals surface area contributed by atoms with Gasteiger partial charge in [0.2, 0.25) is 10.0 Å². The lowest BCUT2D eigenvalue weighted by Gasteiger charge is -2.22. The predicted molar refractivity (Wildman–Crippen MR) is 124 cm³/mol. The van der Waals surface area contributed by atoms with Crippen LogP contribution in [-0.4, -0.2) is 27.0 Å². The molecule has 1 amide bonds. The van der Waals surface area contributed by atoms with Crippen LogP contribution in [0.4, 0.5) is 5.69 Å². The zero-order valence-electron chi connectivity index (χ0n) is 18.1. The van der Waals surface area contributed by atoms with Crippen molar-refractivity contribution in [2.24, 2.45) is 0 Å². The summed E-state index contributed by atoms with van der Waals surface area (Å²) < 4.78 is 33.8. The van der Waals surface area contributed by atoms with Crippen LogP contribution < -0.4 is 14.4 Å². The molecule has 32 heavy (non-hydrogen) atoms. The van der Waals surface area contributed by atoms with Crippen molar-refractivity contribution < 1.29 is 17.9 Å². The molecule has 0 aromatic heterocycles. The van der Waals surface area contributed by atoms with Crippen LogP contribution in [0.2, 0.25) is 0 Å². The van der Waals surface area contributed by atoms with Crippen LogP contribution in [0.25, 0.3) is 0 Å². The van der Waals surface area contributed by atoms with Gasteiger partial charge in [0.1, 0.15) is 5.75 Å². The summed E-state index contributed by atoms with van der Waals surface area (Å²) in [6.07, 6.45) is 0.822. The van der Waals surface area contributed by atoms with E-state index in [1.807, 2.05) is 61.5 Å². The summed E-state index contributed by atoms with van der Waals surface area (Å²) in [5.74, 6) is 0.311. The van der Waals surface area contributed by atoms with Crippen LogP contribution in [0.3, 0.4) is 0 Å². The average molecular weight is 451 g/mol. The Morgan fingerprint density at radius 3 is 2.41 bits per heavy atom. The Balaban J connectivity index is 1.38. The number of carbonyl (C=O) groups is 1. The number of amides is 1. The van der Waals surface area contributed by atoms with E-state index in [1.54, 1.807) is 24.0 Å². The van der Waals surface area contributed by atoms with Gasteiger partial charge in [-0.1, -0.05) is 48.5 Å². The first-order valence-corrected chi connectivity index (χ1v) is 12.0. The number of nitrogens with zero attached hydrogens (tertiary/aromatic N) is 1. The van der Waals surface area contributed by atoms with E-state index < -0.39 is 10.0 Å². The van der Waals surface area contributed by atoms with Crippen molar-refractivity contribution in [3.05, 3.63) is 90.0 Å². The molecule has 7 heteroatoms. The van der Waals surface area contributed by atoms with Gasteiger partial charge in [-0.25, -0.2) is 13.1 Å². The Morgan fingerprint density at radius 2 is 1.69 bits per heavy atom. The quantitative estimate of drug-likeness (QED) is 0.589. The van der Waals surface area contributed by atoms with E-state index in [9.17, 15) is 13.2 Å². The highest BCUT2D eigenvalue weighted by Gasteiger charge is 2.30. The van der Waals surface area contributed by atoms with Crippen LogP contribution in [0.1, 0.15) is 31.0 Å². The standard InChI is InChI=1S/C25H26N2O4S/c1-18-16-21-10-6-7-11-24(21)27(18)25(28)17-31-22-12-14-23(15-13-22)32(29,30)26-19(2)20-8-4-3-5-9-20/h3-15,18-19,26H,16-17H2,1-2H3. The van der Waals surface area contributed by atoms with Gasteiger partial charge in [-0.15, -0.1) is 0 Å². The topological polar surface area (TPSA) is 75.7 Å². The van der Waals surface area contributed by atoms with Crippen molar-refractivity contribution >= 4 is 21.6 Å². The number of fused-ring (bicyclic) bond motifs is 1. The minimum absolute atomic E-state index is 0.0775. The predicted octanol–water partition coefficient (Wildman–Crippen LogP) is 4.08. The first-order chi connectivity index (χ1) is 15.3. The molecule has 3 aromatic carbocycles. The summed E-state index contributed by atoms with van der Waals surface area (Å²) in [6, 6.07) is 23.1. The molecule has 0 spiro atoms. The minimum atomic E-state index is -3.69. The van der Waals surface area contributed by atoms with E-state index in [-0.39, 0.29) is 29.5 Å². The monoisotopic (exact) mass is 450 g/mol. The van der Waals surface area contributed by atoms with Gasteiger partial charge in [-0.2, -0.15) is 0 Å². The Bertz CT molecular complexity index is 1190. The zero-order chi connectivity index (χ0) is 22.7. The molecular weight excluding hydrogens is 424 g/mol. The summed E-state index contributed by atoms with van der Waals surface area (Å²) in [4.78, 5) is 14.7. The second kappa shape index (κ2) is 9.14. The Hall–Kier alpha value is -3.16. The summed E-state index contributed by atoms with van der Waals surface area (Å²) in [6.45, 7) is 3.70. The number of rotatable bonds is 7. The Kier molecular flexibility index (Phi) is 6.30. The third kappa shape index (κ3) is 4.69. The summed E-state index contributed by atoms with van der Waals surface area (Å²) in [7, 11) is -3.69. The molecular formula is C25H26N2O4S. The van der Waals surface area contributed by atoms with Crippen LogP contribution in [-0.2, 0) is 21.2 Å². The molecule has 0 saturated carbocycles. The molecule has 4 rings (SSSR count). The molecule has 1 heterocycles. The maximum atomic E-state index is 12.8. The van der Waals surface area contributed by atoms with Crippen molar-refractivity contribution in [3.8, 4) is 5.75 Å². The lowest BCUT2D eigenvalue weighted by atomic mass is 10.1. The highest BCUT2D eigenvalue weighted by molar-refractivity contribution is 7.89. The summed E-state index contributed by atoms with van der Waals surface area (Å²) in [5.41, 5.74) is 2.96. The molecule has 2 atom stereocenters. The van der Waals surface area contributed by atoms with E-state index in [0.29, 0.717) is 5.75 Å². The second-order valence-corrected chi connectivity index (χ2v) is 9.67. The molecule has 1 aliphatic rings. The van der Waals surface area contributed by atoms with Crippen LogP contribution in [0.5, 0.6) is 5.75 Å². The maximum absolute atomic E-state index is 12.8. The summed E-state index contributed by atoms with van der Waals surface area (Å²) >= 11 is 0. The number of hydrogen-bond donors (Lipinski definition) is 1. The van der Waals surface area contributed by atoms with E-state index in [1.165, 1.54) is 12.1 Å². The van der Waals surface area contributed by atoms with Gasteiger partial charge >= 0.3 is 0 Å². The van der Waals surface area contributed by atoms with Crippen molar-refractivity contribution in [2.45, 2.75) is 37.2 Å². The molecule has 1 aliphatic heterocycles. The van der Waals surface area contributed by atoms with E-state index in [2.05, 4.69) is 4.72 Å². The van der Waals surface area contributed by atoms with Crippen LogP contribution in [0.15, 0.2) is 83.8 Å². The van der Waals surface area contributed by atoms with Gasteiger partial charge in [0.25, 0.3) is 5.91 Å². The molecule has 3 aromatic rings. The molecule has 1 N–H and O–H groups in total. The third-order valence-corrected chi connectivity index (χ3v) is 7.16. The smallest absolute Gasteiger partial charge is 0.265 e. The fraction of sp³-hybridized carbons (Fsp3) is 0.240. The number of hydrogen-bond acceptors (Lipinski definition) is 4. The molecule has 0 bridgehead atoms. The second-order valence-electron chi connectivity index (χ2n) is 7.96. The maximum Gasteiger partial charge on any atom is 0.265 e. The fourth-order valence-corrected chi connectivity index (χ4v) is 5.22. The number of carbonyl (C=O) groups excluding carboxylic acids is 1. The SMILES string of the molecule is CC(NS(=O)(=O)c1ccc(OCC(=O)N2c3ccccc3CC2C)cc1)c1ccccc1. The zero-order valence-corrected chi connectivity index (χ0v) is 18.9. The third-order valence-electron chi connectivity index (χ3n) is 5.60. The van der Waals surface area contributed by atoms with Gasteiger partial charge in [0.15, 0.2) is 6.61 Å². The van der Waals surface area contributed by atoms with Crippen molar-refractivity contribution in [3.63, 3.8) is 0 Å². The van der Waals surface area contributed by atoms with E-state index >= 15 is 0 Å². The van der Waals surface area contributed by atoms with Gasteiger partial charge in [0.05, 0.1) is 4.90 Å². The average Bonchev–Trinajstić information content (AvgIpc) is 3.14. The fourth-order valence-electron chi connectivity index (χ4n) is 3.99. The van der Waals surface area contributed by atoms with Gasteiger partial charge in [0, 0.05) is 17.8 Å². The number of anilines is 1. The van der Waals surface area contributed by atoms with Crippen molar-refractivity contribution in [1.29, 1.82) is 0 Å². The number of ether oxygens (including phenoxy) is 1. The molecule has 0 aliphatic carbocycles. The van der Waals surface area contributed by atoms with Gasteiger partial charge in [-0.3, -0.25) is 4.79 Å². The Morgan fingerprint density at radius 1 is 1.03 bits per heavy atom. The van der Waals surface area contributed by atoms with E-state index in [0.717, 1.165) is 23.2 Å². The number of nitrogens with one attached hydrogen (secondary N) is 1. The molecule has 6 nitrogen and oxygen atoms in total. The molecule has 166 valence electrons. The van der Waals surface area contributed by atoms with Crippen LogP contribution in [0, 0.1) is 0 Å². The van der Waals surface area contributed by atoms with Gasteiger partial charge in [-0.05, 0) is 61.7 Å². The lowest BCUT2D eigenvalue weighted by Crippen LogP contribution is -2.39. The highest BCUT2D eigenvalue weighted by Crippen LogP contribution is 2.32. The van der Waals surface area contributed by atoms with E-state index in [4.69, 9.17) is 4.74 Å². The first-order valence-electron chi connectivity index (χ1n) is 10.6. The van der Waals surface area contributed by atoms with Crippen molar-refractivity contribution in [1.82, 2.24) is 4.72 Å². The normalized spacial score (nSPS) is 16.4. The van der Waals surface area contributed by atoms with Crippen molar-refractivity contribution in [2.75, 3.05) is 11.5 Å². The van der Waals surface area contributed by atoms with Gasteiger partial charge < -0.3 is 9.64 Å². The molecule has 2 unspecified atom stereocenters. The Labute approximate surface area is 188 Å². The number of para-hydroxylation sites is 1.